The van der Waals surface area contributed by atoms with Gasteiger partial charge < -0.3 is 15.5 Å². The van der Waals surface area contributed by atoms with Crippen LogP contribution in [0.3, 0.4) is 0 Å². The van der Waals surface area contributed by atoms with Gasteiger partial charge in [-0.05, 0) is 56.8 Å². The first kappa shape index (κ1) is 30.4. The summed E-state index contributed by atoms with van der Waals surface area (Å²) in [6.45, 7) is 4.58. The van der Waals surface area contributed by atoms with Gasteiger partial charge in [0.2, 0.25) is 5.91 Å². The number of halogens is 3. The number of rotatable bonds is 6. The van der Waals surface area contributed by atoms with Gasteiger partial charge in [-0.3, -0.25) is 9.59 Å². The van der Waals surface area contributed by atoms with E-state index in [1.54, 1.807) is 4.90 Å². The van der Waals surface area contributed by atoms with Crippen molar-refractivity contribution in [3.63, 3.8) is 0 Å². The van der Waals surface area contributed by atoms with E-state index in [4.69, 9.17) is 0 Å². The molecule has 2 amide bonds. The topological polar surface area (TPSA) is 61.4 Å². The predicted molar refractivity (Wildman–Crippen MR) is 141 cm³/mol. The van der Waals surface area contributed by atoms with Gasteiger partial charge in [0.15, 0.2) is 0 Å². The summed E-state index contributed by atoms with van der Waals surface area (Å²) >= 11 is 0. The number of benzene rings is 2. The third-order valence-electron chi connectivity index (χ3n) is 6.27. The second kappa shape index (κ2) is 16.8. The largest absolute Gasteiger partial charge is 0.416 e. The summed E-state index contributed by atoms with van der Waals surface area (Å²) in [6, 6.07) is 17.0. The van der Waals surface area contributed by atoms with Gasteiger partial charge in [-0.25, -0.2) is 0 Å². The van der Waals surface area contributed by atoms with Gasteiger partial charge in [-0.1, -0.05) is 68.7 Å². The summed E-state index contributed by atoms with van der Waals surface area (Å²) in [4.78, 5) is 25.2. The zero-order valence-electron chi connectivity index (χ0n) is 21.7. The van der Waals surface area contributed by atoms with Crippen LogP contribution in [0.25, 0.3) is 0 Å². The molecule has 2 aromatic rings. The van der Waals surface area contributed by atoms with Crippen LogP contribution in [0.1, 0.15) is 74.2 Å². The van der Waals surface area contributed by atoms with E-state index in [9.17, 15) is 22.8 Å². The van der Waals surface area contributed by atoms with Gasteiger partial charge in [0, 0.05) is 24.7 Å². The van der Waals surface area contributed by atoms with Crippen molar-refractivity contribution in [1.82, 2.24) is 15.5 Å². The molecule has 2 aromatic carbocycles. The predicted octanol–water partition coefficient (Wildman–Crippen LogP) is 6.06. The Kier molecular flexibility index (Phi) is 13.8. The highest BCUT2D eigenvalue weighted by molar-refractivity contribution is 5.96. The lowest BCUT2D eigenvalue weighted by atomic mass is 9.95. The average Bonchev–Trinajstić information content (AvgIpc) is 3.48. The molecule has 2 fully saturated rings. The highest BCUT2D eigenvalue weighted by Crippen LogP contribution is 2.29. The summed E-state index contributed by atoms with van der Waals surface area (Å²) in [5.74, 6) is -0.901. The van der Waals surface area contributed by atoms with E-state index in [0.717, 1.165) is 31.0 Å². The number of carbonyl (C=O) groups excluding carboxylic acids is 2. The Balaban J connectivity index is 0.000000246. The maximum absolute atomic E-state index is 12.6. The van der Waals surface area contributed by atoms with Crippen LogP contribution in [-0.4, -0.2) is 48.9 Å². The van der Waals surface area contributed by atoms with Crippen LogP contribution >= 0.6 is 0 Å². The molecule has 204 valence electrons. The van der Waals surface area contributed by atoms with Crippen LogP contribution < -0.4 is 10.6 Å². The molecule has 0 spiro atoms. The number of amides is 2. The molecule has 1 aliphatic carbocycles. The molecule has 1 aliphatic heterocycles. The normalized spacial score (nSPS) is 15.6. The Morgan fingerprint density at radius 3 is 2.03 bits per heavy atom. The van der Waals surface area contributed by atoms with Crippen LogP contribution in [-0.2, 0) is 11.0 Å². The summed E-state index contributed by atoms with van der Waals surface area (Å²) in [7, 11) is 0. The lowest BCUT2D eigenvalue weighted by Gasteiger charge is -2.22. The van der Waals surface area contributed by atoms with Crippen molar-refractivity contribution in [2.45, 2.75) is 70.5 Å². The van der Waals surface area contributed by atoms with E-state index in [-0.39, 0.29) is 18.0 Å². The zero-order chi connectivity index (χ0) is 26.9. The molecule has 0 atom stereocenters. The fraction of sp³-hybridized carbons (Fsp3) is 0.517. The van der Waals surface area contributed by atoms with Gasteiger partial charge in [-0.2, -0.15) is 13.2 Å². The molecule has 1 heterocycles. The van der Waals surface area contributed by atoms with Crippen molar-refractivity contribution < 1.29 is 22.8 Å². The summed E-state index contributed by atoms with van der Waals surface area (Å²) in [5.41, 5.74) is -1.000. The minimum atomic E-state index is -4.50. The average molecular weight is 520 g/mol. The van der Waals surface area contributed by atoms with E-state index in [0.29, 0.717) is 13.1 Å². The molecule has 0 unspecified atom stereocenters. The van der Waals surface area contributed by atoms with E-state index in [1.807, 2.05) is 36.4 Å². The number of carbonyl (C=O) groups is 2. The Labute approximate surface area is 218 Å². The van der Waals surface area contributed by atoms with Crippen molar-refractivity contribution >= 4 is 11.8 Å². The van der Waals surface area contributed by atoms with E-state index in [2.05, 4.69) is 17.6 Å². The fourth-order valence-corrected chi connectivity index (χ4v) is 4.21. The number of hydrogen-bond acceptors (Lipinski definition) is 3. The second-order valence-electron chi connectivity index (χ2n) is 9.29. The molecule has 1 saturated carbocycles. The number of nitrogens with zero attached hydrogens (tertiary/aromatic N) is 1. The monoisotopic (exact) mass is 519 g/mol. The van der Waals surface area contributed by atoms with Crippen molar-refractivity contribution in [2.24, 2.45) is 0 Å². The highest BCUT2D eigenvalue weighted by Gasteiger charge is 2.31. The summed E-state index contributed by atoms with van der Waals surface area (Å²) in [5, 5.41) is 5.93. The van der Waals surface area contributed by atoms with Crippen LogP contribution in [0, 0.1) is 0 Å². The molecular weight excluding hydrogens is 479 g/mol. The Hall–Kier alpha value is -2.87. The van der Waals surface area contributed by atoms with Crippen molar-refractivity contribution in [3.8, 4) is 0 Å². The molecule has 2 N–H and O–H groups in total. The van der Waals surface area contributed by atoms with Crippen LogP contribution in [0.2, 0.25) is 0 Å². The van der Waals surface area contributed by atoms with Gasteiger partial charge in [0.25, 0.3) is 5.91 Å². The lowest BCUT2D eigenvalue weighted by Crippen LogP contribution is -2.38. The molecule has 1 saturated heterocycles. The van der Waals surface area contributed by atoms with Crippen LogP contribution in [0.4, 0.5) is 13.2 Å². The molecular formula is C29H40F3N3O2. The molecule has 37 heavy (non-hydrogen) atoms. The van der Waals surface area contributed by atoms with Gasteiger partial charge in [-0.15, -0.1) is 0 Å². The molecule has 0 aromatic heterocycles. The second-order valence-corrected chi connectivity index (χ2v) is 9.29. The van der Waals surface area contributed by atoms with Crippen molar-refractivity contribution in [2.75, 3.05) is 26.2 Å². The third-order valence-corrected chi connectivity index (χ3v) is 6.27. The zero-order valence-corrected chi connectivity index (χ0v) is 21.7. The maximum atomic E-state index is 12.6. The molecule has 4 rings (SSSR count). The van der Waals surface area contributed by atoms with Gasteiger partial charge in [0.05, 0.1) is 12.1 Å². The quantitative estimate of drug-likeness (QED) is 0.488. The number of alkyl halides is 3. The minimum absolute atomic E-state index is 0.112. The maximum Gasteiger partial charge on any atom is 0.416 e. The molecule has 2 aliphatic rings. The van der Waals surface area contributed by atoms with E-state index in [1.165, 1.54) is 57.2 Å². The number of nitrogens with one attached hydrogen (secondary N) is 2. The standard InChI is InChI=1S/C14H15F3N2O2.C9H19N.C6H6/c15-14(16,17)11-5-3-4-10(8-11)13(21)18-9-12(20)19-6-1-2-7-19;1-2-8-10-9-6-4-3-5-7-9;1-2-4-6-5-3-1/h3-5,8H,1-2,6-7,9H2,(H,18,21);9-10H,2-8H2,1H3;1-6H. The third kappa shape index (κ3) is 12.3. The first-order valence-corrected chi connectivity index (χ1v) is 13.3. The molecule has 0 bridgehead atoms. The number of hydrogen-bond donors (Lipinski definition) is 2. The SMILES string of the molecule is CCCNC1CCCCC1.O=C(NCC(=O)N1CCCC1)c1cccc(C(F)(F)F)c1.c1ccccc1. The Morgan fingerprint density at radius 2 is 1.49 bits per heavy atom. The highest BCUT2D eigenvalue weighted by atomic mass is 19.4. The van der Waals surface area contributed by atoms with Crippen LogP contribution in [0.5, 0.6) is 0 Å². The molecule has 5 nitrogen and oxygen atoms in total. The first-order chi connectivity index (χ1) is 17.8. The van der Waals surface area contributed by atoms with E-state index < -0.39 is 17.6 Å². The van der Waals surface area contributed by atoms with E-state index >= 15 is 0 Å². The Morgan fingerprint density at radius 1 is 0.892 bits per heavy atom. The lowest BCUT2D eigenvalue weighted by molar-refractivity contribution is -0.137. The molecule has 0 radical (unpaired) electrons. The first-order valence-electron chi connectivity index (χ1n) is 13.3. The number of likely N-dealkylation sites (tertiary alicyclic amines) is 1. The Bertz CT molecular complexity index is 883. The van der Waals surface area contributed by atoms with Gasteiger partial charge >= 0.3 is 6.18 Å². The molecule has 8 heteroatoms. The summed E-state index contributed by atoms with van der Waals surface area (Å²) < 4.78 is 37.7. The van der Waals surface area contributed by atoms with Crippen molar-refractivity contribution in [1.29, 1.82) is 0 Å². The van der Waals surface area contributed by atoms with Gasteiger partial charge in [0.1, 0.15) is 0 Å². The van der Waals surface area contributed by atoms with Crippen molar-refractivity contribution in [3.05, 3.63) is 71.8 Å². The van der Waals surface area contributed by atoms with Crippen LogP contribution in [0.15, 0.2) is 60.7 Å². The smallest absolute Gasteiger partial charge is 0.343 e. The fourth-order valence-electron chi connectivity index (χ4n) is 4.21. The minimum Gasteiger partial charge on any atom is -0.343 e. The summed E-state index contributed by atoms with van der Waals surface area (Å²) in [6.07, 6.45) is 5.84.